The smallest absolute Gasteiger partial charge is 0.410 e. The summed E-state index contributed by atoms with van der Waals surface area (Å²) in [6.45, 7) is 7.19. The van der Waals surface area contributed by atoms with Gasteiger partial charge in [0.2, 0.25) is 0 Å². The number of anilines is 1. The maximum absolute atomic E-state index is 12.1. The average Bonchev–Trinajstić information content (AvgIpc) is 2.52. The van der Waals surface area contributed by atoms with Crippen molar-refractivity contribution in [2.24, 2.45) is 0 Å². The molecule has 1 aliphatic heterocycles. The molecule has 136 valence electrons. The van der Waals surface area contributed by atoms with Crippen LogP contribution in [0.15, 0.2) is 18.2 Å². The van der Waals surface area contributed by atoms with E-state index in [1.54, 1.807) is 37.8 Å². The van der Waals surface area contributed by atoms with Crippen LogP contribution in [-0.4, -0.2) is 47.7 Å². The molecule has 0 aliphatic carbocycles. The number of rotatable bonds is 2. The Labute approximate surface area is 147 Å². The highest BCUT2D eigenvalue weighted by molar-refractivity contribution is 5.70. The van der Waals surface area contributed by atoms with E-state index in [0.29, 0.717) is 31.9 Å². The molecular formula is C17H24N4O4. The van der Waals surface area contributed by atoms with Gasteiger partial charge < -0.3 is 14.5 Å². The van der Waals surface area contributed by atoms with Crippen LogP contribution in [0.1, 0.15) is 33.8 Å². The zero-order chi connectivity index (χ0) is 17.9. The van der Waals surface area contributed by atoms with E-state index in [-0.39, 0.29) is 24.8 Å². The summed E-state index contributed by atoms with van der Waals surface area (Å²) in [4.78, 5) is 26.3. The molecular weight excluding hydrogens is 324 g/mol. The Morgan fingerprint density at radius 2 is 1.88 bits per heavy atom. The number of nitro groups is 1. The van der Waals surface area contributed by atoms with Crippen LogP contribution < -0.4 is 4.90 Å². The lowest BCUT2D eigenvalue weighted by Crippen LogP contribution is -2.50. The molecule has 0 bridgehead atoms. The number of nitrogens with zero attached hydrogens (tertiary/aromatic N) is 4. The molecule has 1 aromatic rings. The van der Waals surface area contributed by atoms with E-state index in [2.05, 4.69) is 0 Å². The van der Waals surface area contributed by atoms with E-state index < -0.39 is 10.5 Å². The normalized spacial score (nSPS) is 14.3. The number of carbonyl (C=O) groups excluding carboxylic acids is 1. The van der Waals surface area contributed by atoms with Crippen molar-refractivity contribution in [2.75, 3.05) is 31.1 Å². The first kappa shape index (κ1) is 20.2. The highest BCUT2D eigenvalue weighted by atomic mass is 16.6. The summed E-state index contributed by atoms with van der Waals surface area (Å²) >= 11 is 0. The quantitative estimate of drug-likeness (QED) is 0.601. The lowest BCUT2D eigenvalue weighted by Gasteiger charge is -2.36. The van der Waals surface area contributed by atoms with Gasteiger partial charge in [-0.2, -0.15) is 5.26 Å². The van der Waals surface area contributed by atoms with E-state index >= 15 is 0 Å². The van der Waals surface area contributed by atoms with E-state index in [1.807, 2.05) is 11.0 Å². The lowest BCUT2D eigenvalue weighted by atomic mass is 10.1. The van der Waals surface area contributed by atoms with Crippen molar-refractivity contribution >= 4 is 17.5 Å². The van der Waals surface area contributed by atoms with E-state index in [0.717, 1.165) is 0 Å². The van der Waals surface area contributed by atoms with E-state index in [4.69, 9.17) is 10.00 Å². The Balaban J connectivity index is 0.00000312. The number of nitriles is 1. The van der Waals surface area contributed by atoms with Gasteiger partial charge in [-0.25, -0.2) is 4.79 Å². The molecule has 1 saturated heterocycles. The van der Waals surface area contributed by atoms with Crippen molar-refractivity contribution < 1.29 is 14.5 Å². The second-order valence-electron chi connectivity index (χ2n) is 6.53. The summed E-state index contributed by atoms with van der Waals surface area (Å²) in [5, 5.41) is 20.1. The fraction of sp³-hybridized carbons (Fsp3) is 0.529. The van der Waals surface area contributed by atoms with Gasteiger partial charge in [-0.3, -0.25) is 10.1 Å². The van der Waals surface area contributed by atoms with Crippen LogP contribution in [0, 0.1) is 21.4 Å². The fourth-order valence-corrected chi connectivity index (χ4v) is 2.46. The van der Waals surface area contributed by atoms with Gasteiger partial charge in [0.1, 0.15) is 11.3 Å². The Morgan fingerprint density at radius 3 is 2.36 bits per heavy atom. The van der Waals surface area contributed by atoms with Crippen LogP contribution in [-0.2, 0) is 4.74 Å². The van der Waals surface area contributed by atoms with Gasteiger partial charge in [0.15, 0.2) is 0 Å². The second-order valence-corrected chi connectivity index (χ2v) is 6.53. The Kier molecular flexibility index (Phi) is 6.34. The summed E-state index contributed by atoms with van der Waals surface area (Å²) in [7, 11) is 0. The van der Waals surface area contributed by atoms with Crippen molar-refractivity contribution in [3.63, 3.8) is 0 Å². The molecule has 0 N–H and O–H groups in total. The van der Waals surface area contributed by atoms with Gasteiger partial charge in [0.25, 0.3) is 5.69 Å². The molecule has 1 aromatic carbocycles. The number of hydrogen-bond acceptors (Lipinski definition) is 6. The lowest BCUT2D eigenvalue weighted by molar-refractivity contribution is -0.384. The Bertz CT molecular complexity index is 683. The molecule has 0 unspecified atom stereocenters. The van der Waals surface area contributed by atoms with Gasteiger partial charge in [-0.05, 0) is 32.9 Å². The van der Waals surface area contributed by atoms with Gasteiger partial charge in [-0.1, -0.05) is 7.43 Å². The van der Waals surface area contributed by atoms with Crippen LogP contribution in [0.3, 0.4) is 0 Å². The molecule has 1 fully saturated rings. The van der Waals surface area contributed by atoms with Crippen molar-refractivity contribution in [3.8, 4) is 6.07 Å². The molecule has 0 radical (unpaired) electrons. The van der Waals surface area contributed by atoms with E-state index in [1.165, 1.54) is 6.07 Å². The maximum Gasteiger partial charge on any atom is 0.410 e. The molecule has 25 heavy (non-hydrogen) atoms. The van der Waals surface area contributed by atoms with Crippen molar-refractivity contribution in [1.82, 2.24) is 4.90 Å². The minimum absolute atomic E-state index is 0. The van der Waals surface area contributed by atoms with Gasteiger partial charge in [-0.15, -0.1) is 0 Å². The molecule has 0 aromatic heterocycles. The molecule has 2 rings (SSSR count). The molecule has 1 aliphatic rings. The van der Waals surface area contributed by atoms with Crippen LogP contribution in [0.5, 0.6) is 0 Å². The molecule has 0 atom stereocenters. The SMILES string of the molecule is C.CC(C)(C)OC(=O)N1CCN(c2ccc(C#N)cc2[N+](=O)[O-])CC1. The second kappa shape index (κ2) is 7.83. The van der Waals surface area contributed by atoms with Crippen LogP contribution in [0.2, 0.25) is 0 Å². The molecule has 1 heterocycles. The number of amides is 1. The molecule has 1 amide bonds. The third-order valence-electron chi connectivity index (χ3n) is 3.57. The number of carbonyl (C=O) groups is 1. The summed E-state index contributed by atoms with van der Waals surface area (Å²) in [6, 6.07) is 6.32. The number of piperazine rings is 1. The minimum Gasteiger partial charge on any atom is -0.444 e. The number of benzene rings is 1. The first-order valence-corrected chi connectivity index (χ1v) is 7.62. The molecule has 8 heteroatoms. The van der Waals surface area contributed by atoms with Crippen LogP contribution in [0.4, 0.5) is 16.2 Å². The van der Waals surface area contributed by atoms with Crippen LogP contribution >= 0.6 is 0 Å². The predicted octanol–water partition coefficient (Wildman–Crippen LogP) is 3.16. The van der Waals surface area contributed by atoms with Gasteiger partial charge in [0, 0.05) is 32.2 Å². The number of nitro benzene ring substituents is 1. The largest absolute Gasteiger partial charge is 0.444 e. The summed E-state index contributed by atoms with van der Waals surface area (Å²) in [6.07, 6.45) is -0.378. The molecule has 0 spiro atoms. The highest BCUT2D eigenvalue weighted by Crippen LogP contribution is 2.30. The zero-order valence-electron chi connectivity index (χ0n) is 14.0. The maximum atomic E-state index is 12.1. The van der Waals surface area contributed by atoms with E-state index in [9.17, 15) is 14.9 Å². The first-order chi connectivity index (χ1) is 11.2. The third kappa shape index (κ3) is 5.08. The Morgan fingerprint density at radius 1 is 1.28 bits per heavy atom. The zero-order valence-corrected chi connectivity index (χ0v) is 14.0. The average molecular weight is 348 g/mol. The van der Waals surface area contributed by atoms with Crippen molar-refractivity contribution in [1.29, 1.82) is 5.26 Å². The summed E-state index contributed by atoms with van der Waals surface area (Å²) in [5.74, 6) is 0. The van der Waals surface area contributed by atoms with Crippen LogP contribution in [0.25, 0.3) is 0 Å². The number of hydrogen-bond donors (Lipinski definition) is 0. The van der Waals surface area contributed by atoms with Gasteiger partial charge in [0.05, 0.1) is 16.6 Å². The van der Waals surface area contributed by atoms with Crippen molar-refractivity contribution in [3.05, 3.63) is 33.9 Å². The number of ether oxygens (including phenoxy) is 1. The minimum atomic E-state index is -0.555. The third-order valence-corrected chi connectivity index (χ3v) is 3.57. The van der Waals surface area contributed by atoms with Gasteiger partial charge >= 0.3 is 6.09 Å². The predicted molar refractivity (Wildman–Crippen MR) is 94.6 cm³/mol. The monoisotopic (exact) mass is 348 g/mol. The first-order valence-electron chi connectivity index (χ1n) is 7.62. The highest BCUT2D eigenvalue weighted by Gasteiger charge is 2.28. The molecule has 8 nitrogen and oxygen atoms in total. The fourth-order valence-electron chi connectivity index (χ4n) is 2.46. The molecule has 0 saturated carbocycles. The standard InChI is InChI=1S/C16H20N4O4.CH4/c1-16(2,3)24-15(21)19-8-6-18(7-9-19)13-5-4-12(11-17)10-14(13)20(22)23;/h4-5,10H,6-9H2,1-3H3;1H4. The topological polar surface area (TPSA) is 99.7 Å². The van der Waals surface area contributed by atoms with Crippen molar-refractivity contribution in [2.45, 2.75) is 33.8 Å². The Hall–Kier alpha value is -2.82. The summed E-state index contributed by atoms with van der Waals surface area (Å²) < 4.78 is 5.33. The summed E-state index contributed by atoms with van der Waals surface area (Å²) in [5.41, 5.74) is 0.0561.